The molecule has 0 aromatic rings. The molecular weight excluding hydrogens is 230 g/mol. The summed E-state index contributed by atoms with van der Waals surface area (Å²) in [4.78, 5) is 22.1. The van der Waals surface area contributed by atoms with Crippen molar-refractivity contribution < 1.29 is 12.4 Å². The van der Waals surface area contributed by atoms with Crippen LogP contribution < -0.4 is 5.32 Å². The van der Waals surface area contributed by atoms with Gasteiger partial charge in [0.25, 0.3) is 0 Å². The molecular formula is C8H11NO2Sr. The van der Waals surface area contributed by atoms with Crippen LogP contribution in [0.1, 0.15) is 15.7 Å². The number of nitrogens with one attached hydrogen (secondary N) is 1. The zero-order chi connectivity index (χ0) is 7.84. The molecule has 1 aliphatic heterocycles. The molecule has 4 heteroatoms. The van der Waals surface area contributed by atoms with E-state index in [2.05, 4.69) is 5.32 Å². The van der Waals surface area contributed by atoms with E-state index >= 15 is 0 Å². The van der Waals surface area contributed by atoms with E-state index in [1.54, 1.807) is 0 Å². The van der Waals surface area contributed by atoms with Gasteiger partial charge < -0.3 is 2.85 Å². The SMILES string of the molecule is O=C1NC(=O)C2CCC=CC12.[H-].[H-].[Sr+2]. The van der Waals surface area contributed by atoms with Crippen LogP contribution >= 0.6 is 0 Å². The van der Waals surface area contributed by atoms with E-state index in [1.807, 2.05) is 12.2 Å². The summed E-state index contributed by atoms with van der Waals surface area (Å²) in [6, 6.07) is 0. The van der Waals surface area contributed by atoms with Gasteiger partial charge in [-0.3, -0.25) is 14.9 Å². The van der Waals surface area contributed by atoms with E-state index in [-0.39, 0.29) is 72.0 Å². The second-order valence-corrected chi connectivity index (χ2v) is 2.99. The molecule has 0 radical (unpaired) electrons. The topological polar surface area (TPSA) is 46.2 Å². The van der Waals surface area contributed by atoms with Crippen LogP contribution in [-0.4, -0.2) is 57.3 Å². The maximum atomic E-state index is 11.1. The summed E-state index contributed by atoms with van der Waals surface area (Å²) in [6.07, 6.45) is 5.55. The predicted octanol–water partition coefficient (Wildman–Crippen LogP) is 0.0694. The Balaban J connectivity index is 0. The zero-order valence-corrected chi connectivity index (χ0v) is 10.2. The van der Waals surface area contributed by atoms with E-state index < -0.39 is 0 Å². The summed E-state index contributed by atoms with van der Waals surface area (Å²) in [7, 11) is 0. The van der Waals surface area contributed by atoms with Crippen LogP contribution in [0, 0.1) is 11.8 Å². The van der Waals surface area contributed by atoms with Crippen molar-refractivity contribution in [3.63, 3.8) is 0 Å². The van der Waals surface area contributed by atoms with Crippen molar-refractivity contribution in [1.82, 2.24) is 5.32 Å². The van der Waals surface area contributed by atoms with Crippen LogP contribution in [0.2, 0.25) is 0 Å². The van der Waals surface area contributed by atoms with Crippen molar-refractivity contribution in [3.05, 3.63) is 12.2 Å². The average molecular weight is 241 g/mol. The Morgan fingerprint density at radius 1 is 1.42 bits per heavy atom. The van der Waals surface area contributed by atoms with Gasteiger partial charge in [0.05, 0.1) is 11.8 Å². The minimum atomic E-state index is -0.170. The van der Waals surface area contributed by atoms with Gasteiger partial charge in [-0.1, -0.05) is 12.2 Å². The molecule has 1 fully saturated rings. The first-order chi connectivity index (χ1) is 5.29. The summed E-state index contributed by atoms with van der Waals surface area (Å²) < 4.78 is 0. The van der Waals surface area contributed by atoms with Gasteiger partial charge in [-0.2, -0.15) is 0 Å². The second-order valence-electron chi connectivity index (χ2n) is 2.99. The summed E-state index contributed by atoms with van der Waals surface area (Å²) in [5, 5.41) is 2.33. The molecule has 1 saturated heterocycles. The van der Waals surface area contributed by atoms with Gasteiger partial charge in [0.1, 0.15) is 0 Å². The third kappa shape index (κ3) is 1.66. The Hall–Kier alpha value is 0.361. The Morgan fingerprint density at radius 2 is 2.17 bits per heavy atom. The molecule has 0 aromatic carbocycles. The molecule has 0 bridgehead atoms. The van der Waals surface area contributed by atoms with E-state index in [0.29, 0.717) is 0 Å². The van der Waals surface area contributed by atoms with Crippen molar-refractivity contribution in [2.75, 3.05) is 0 Å². The minimum Gasteiger partial charge on any atom is -1.00 e. The maximum absolute atomic E-state index is 11.1. The van der Waals surface area contributed by atoms with Gasteiger partial charge in [0.2, 0.25) is 11.8 Å². The number of carbonyl (C=O) groups is 2. The predicted molar refractivity (Wildman–Crippen MR) is 46.5 cm³/mol. The fourth-order valence-electron chi connectivity index (χ4n) is 1.69. The number of imide groups is 1. The second kappa shape index (κ2) is 4.05. The Morgan fingerprint density at radius 3 is 2.83 bits per heavy atom. The molecule has 1 N–H and O–H groups in total. The molecule has 2 amide bonds. The smallest absolute Gasteiger partial charge is 1.00 e. The summed E-state index contributed by atoms with van der Waals surface area (Å²) >= 11 is 0. The first kappa shape index (κ1) is 10.4. The number of hydrogen-bond donors (Lipinski definition) is 1. The van der Waals surface area contributed by atoms with Crippen LogP contribution in [0.4, 0.5) is 0 Å². The van der Waals surface area contributed by atoms with Gasteiger partial charge in [-0.25, -0.2) is 0 Å². The summed E-state index contributed by atoms with van der Waals surface area (Å²) in [5.41, 5.74) is 0. The standard InChI is InChI=1S/C8H9NO2.Sr.2H/c10-7-5-3-1-2-4-6(5)8(11)9-7;;;/h1,3,5-6H,2,4H2,(H,9,10,11);;;/q;+2;2*-1. The van der Waals surface area contributed by atoms with Crippen molar-refractivity contribution in [2.45, 2.75) is 12.8 Å². The van der Waals surface area contributed by atoms with Crippen LogP contribution in [0.5, 0.6) is 0 Å². The Bertz CT molecular complexity index is 258. The van der Waals surface area contributed by atoms with Crippen molar-refractivity contribution in [3.8, 4) is 0 Å². The van der Waals surface area contributed by atoms with E-state index in [9.17, 15) is 9.59 Å². The Labute approximate surface area is 111 Å². The first-order valence-electron chi connectivity index (χ1n) is 3.80. The molecule has 1 aliphatic carbocycles. The number of allylic oxidation sites excluding steroid dienone is 1. The third-order valence-electron chi connectivity index (χ3n) is 2.31. The average Bonchev–Trinajstić information content (AvgIpc) is 2.30. The van der Waals surface area contributed by atoms with E-state index in [1.165, 1.54) is 0 Å². The first-order valence-corrected chi connectivity index (χ1v) is 3.80. The van der Waals surface area contributed by atoms with Crippen molar-refractivity contribution in [1.29, 1.82) is 0 Å². The summed E-state index contributed by atoms with van der Waals surface area (Å²) in [6.45, 7) is 0. The summed E-state index contributed by atoms with van der Waals surface area (Å²) in [5.74, 6) is -0.468. The van der Waals surface area contributed by atoms with E-state index in [0.717, 1.165) is 12.8 Å². The van der Waals surface area contributed by atoms with Gasteiger partial charge in [-0.05, 0) is 12.8 Å². The zero-order valence-electron chi connectivity index (χ0n) is 8.75. The molecule has 2 atom stereocenters. The van der Waals surface area contributed by atoms with Crippen molar-refractivity contribution in [2.24, 2.45) is 11.8 Å². The number of rotatable bonds is 0. The van der Waals surface area contributed by atoms with E-state index in [4.69, 9.17) is 0 Å². The number of hydrogen-bond acceptors (Lipinski definition) is 2. The Kier molecular flexibility index (Phi) is 3.52. The molecule has 2 aliphatic rings. The van der Waals surface area contributed by atoms with Crippen LogP contribution in [0.25, 0.3) is 0 Å². The quantitative estimate of drug-likeness (QED) is 0.370. The fraction of sp³-hybridized carbons (Fsp3) is 0.500. The molecule has 3 nitrogen and oxygen atoms in total. The molecule has 62 valence electrons. The van der Waals surface area contributed by atoms with Crippen molar-refractivity contribution >= 4 is 57.3 Å². The normalized spacial score (nSPS) is 32.3. The monoisotopic (exact) mass is 241 g/mol. The molecule has 0 aromatic heterocycles. The van der Waals surface area contributed by atoms with Gasteiger partial charge in [0, 0.05) is 0 Å². The molecule has 0 saturated carbocycles. The van der Waals surface area contributed by atoms with Gasteiger partial charge >= 0.3 is 45.5 Å². The fourth-order valence-corrected chi connectivity index (χ4v) is 1.69. The van der Waals surface area contributed by atoms with Crippen LogP contribution in [0.3, 0.4) is 0 Å². The number of amides is 2. The molecule has 12 heavy (non-hydrogen) atoms. The molecule has 0 spiro atoms. The largest absolute Gasteiger partial charge is 2.00 e. The van der Waals surface area contributed by atoms with Crippen LogP contribution in [0.15, 0.2) is 12.2 Å². The molecule has 1 heterocycles. The van der Waals surface area contributed by atoms with Gasteiger partial charge in [0.15, 0.2) is 0 Å². The van der Waals surface area contributed by atoms with Gasteiger partial charge in [-0.15, -0.1) is 0 Å². The third-order valence-corrected chi connectivity index (χ3v) is 2.31. The maximum Gasteiger partial charge on any atom is 2.00 e. The number of carbonyl (C=O) groups excluding carboxylic acids is 2. The molecule has 2 unspecified atom stereocenters. The van der Waals surface area contributed by atoms with Crippen LogP contribution in [-0.2, 0) is 9.59 Å². The molecule has 2 rings (SSSR count). The number of fused-ring (bicyclic) bond motifs is 1. The minimum absolute atomic E-state index is 0.